The first-order valence-electron chi connectivity index (χ1n) is 6.42. The lowest BCUT2D eigenvalue weighted by molar-refractivity contribution is 0.102. The maximum absolute atomic E-state index is 12.4. The largest absolute Gasteiger partial charge is 0.494 e. The van der Waals surface area contributed by atoms with Crippen LogP contribution in [0.2, 0.25) is 0 Å². The van der Waals surface area contributed by atoms with Crippen molar-refractivity contribution in [3.63, 3.8) is 0 Å². The normalized spacial score (nSPS) is 10.3. The molecule has 1 N–H and O–H groups in total. The Labute approximate surface area is 121 Å². The summed E-state index contributed by atoms with van der Waals surface area (Å²) < 4.78 is 5.19. The van der Waals surface area contributed by atoms with Crippen molar-refractivity contribution >= 4 is 22.4 Å². The number of benzene rings is 1. The van der Waals surface area contributed by atoms with Crippen LogP contribution in [-0.2, 0) is 0 Å². The zero-order chi connectivity index (χ0) is 14.7. The second kappa shape index (κ2) is 5.58. The van der Waals surface area contributed by atoms with Crippen molar-refractivity contribution in [3.8, 4) is 5.75 Å². The van der Waals surface area contributed by atoms with E-state index < -0.39 is 0 Å². The van der Waals surface area contributed by atoms with Gasteiger partial charge in [0.05, 0.1) is 13.3 Å². The summed E-state index contributed by atoms with van der Waals surface area (Å²) in [6.07, 6.45) is 4.77. The zero-order valence-electron chi connectivity index (χ0n) is 11.4. The van der Waals surface area contributed by atoms with E-state index in [4.69, 9.17) is 4.74 Å². The zero-order valence-corrected chi connectivity index (χ0v) is 11.4. The SMILES string of the molecule is COc1ccncc1NC(=O)c1nccc2ccccc12. The van der Waals surface area contributed by atoms with Crippen LogP contribution in [0, 0.1) is 0 Å². The van der Waals surface area contributed by atoms with Gasteiger partial charge in [-0.25, -0.2) is 0 Å². The van der Waals surface area contributed by atoms with Crippen molar-refractivity contribution in [2.24, 2.45) is 0 Å². The highest BCUT2D eigenvalue weighted by atomic mass is 16.5. The molecule has 0 saturated carbocycles. The van der Waals surface area contributed by atoms with E-state index in [2.05, 4.69) is 15.3 Å². The molecule has 21 heavy (non-hydrogen) atoms. The molecule has 1 aromatic carbocycles. The summed E-state index contributed by atoms with van der Waals surface area (Å²) in [5.74, 6) is 0.261. The van der Waals surface area contributed by atoms with Crippen LogP contribution in [-0.4, -0.2) is 23.0 Å². The lowest BCUT2D eigenvalue weighted by Gasteiger charge is -2.10. The third-order valence-electron chi connectivity index (χ3n) is 3.14. The average Bonchev–Trinajstić information content (AvgIpc) is 2.54. The summed E-state index contributed by atoms with van der Waals surface area (Å²) in [7, 11) is 1.54. The number of ether oxygens (including phenoxy) is 1. The highest BCUT2D eigenvalue weighted by molar-refractivity contribution is 6.11. The van der Waals surface area contributed by atoms with Gasteiger partial charge in [0.25, 0.3) is 5.91 Å². The molecule has 5 nitrogen and oxygen atoms in total. The first-order valence-corrected chi connectivity index (χ1v) is 6.42. The minimum absolute atomic E-state index is 0.293. The molecule has 3 rings (SSSR count). The lowest BCUT2D eigenvalue weighted by Crippen LogP contribution is -2.14. The Morgan fingerprint density at radius 2 is 2.00 bits per heavy atom. The number of methoxy groups -OCH3 is 1. The van der Waals surface area contributed by atoms with Gasteiger partial charge in [0, 0.05) is 23.8 Å². The van der Waals surface area contributed by atoms with Crippen LogP contribution >= 0.6 is 0 Å². The molecule has 0 unspecified atom stereocenters. The fourth-order valence-electron chi connectivity index (χ4n) is 2.14. The van der Waals surface area contributed by atoms with E-state index >= 15 is 0 Å². The number of fused-ring (bicyclic) bond motifs is 1. The molecule has 0 fully saturated rings. The predicted octanol–water partition coefficient (Wildman–Crippen LogP) is 2.89. The monoisotopic (exact) mass is 279 g/mol. The summed E-state index contributed by atoms with van der Waals surface area (Å²) in [5.41, 5.74) is 0.888. The molecular formula is C16H13N3O2. The van der Waals surface area contributed by atoms with Crippen molar-refractivity contribution in [3.05, 3.63) is 60.7 Å². The number of nitrogens with one attached hydrogen (secondary N) is 1. The van der Waals surface area contributed by atoms with Gasteiger partial charge >= 0.3 is 0 Å². The van der Waals surface area contributed by atoms with Gasteiger partial charge in [-0.2, -0.15) is 0 Å². The minimum atomic E-state index is -0.293. The van der Waals surface area contributed by atoms with Crippen molar-refractivity contribution in [2.45, 2.75) is 0 Å². The van der Waals surface area contributed by atoms with Crippen molar-refractivity contribution in [1.29, 1.82) is 0 Å². The fourth-order valence-corrected chi connectivity index (χ4v) is 2.14. The Morgan fingerprint density at radius 1 is 1.14 bits per heavy atom. The van der Waals surface area contributed by atoms with Crippen LogP contribution in [0.3, 0.4) is 0 Å². The molecule has 0 spiro atoms. The molecule has 0 aliphatic rings. The van der Waals surface area contributed by atoms with Gasteiger partial charge < -0.3 is 10.1 Å². The Morgan fingerprint density at radius 3 is 2.86 bits per heavy atom. The molecule has 3 aromatic rings. The second-order valence-electron chi connectivity index (χ2n) is 4.41. The van der Waals surface area contributed by atoms with E-state index in [1.54, 1.807) is 31.8 Å². The molecule has 0 aliphatic heterocycles. The number of hydrogen-bond acceptors (Lipinski definition) is 4. The predicted molar refractivity (Wildman–Crippen MR) is 80.5 cm³/mol. The number of amides is 1. The Hall–Kier alpha value is -2.95. The summed E-state index contributed by atoms with van der Waals surface area (Å²) >= 11 is 0. The minimum Gasteiger partial charge on any atom is -0.494 e. The Balaban J connectivity index is 1.98. The number of anilines is 1. The topological polar surface area (TPSA) is 64.1 Å². The number of carbonyl (C=O) groups excluding carboxylic acids is 1. The molecule has 0 aliphatic carbocycles. The van der Waals surface area contributed by atoms with Crippen LogP contribution in [0.15, 0.2) is 55.0 Å². The number of hydrogen-bond donors (Lipinski definition) is 1. The van der Waals surface area contributed by atoms with Crippen LogP contribution < -0.4 is 10.1 Å². The van der Waals surface area contributed by atoms with Crippen LogP contribution in [0.1, 0.15) is 10.5 Å². The quantitative estimate of drug-likeness (QED) is 0.800. The first-order chi connectivity index (χ1) is 10.3. The average molecular weight is 279 g/mol. The number of rotatable bonds is 3. The smallest absolute Gasteiger partial charge is 0.275 e. The maximum atomic E-state index is 12.4. The third kappa shape index (κ3) is 2.53. The van der Waals surface area contributed by atoms with E-state index in [0.29, 0.717) is 17.1 Å². The van der Waals surface area contributed by atoms with E-state index in [1.807, 2.05) is 30.3 Å². The lowest BCUT2D eigenvalue weighted by atomic mass is 10.1. The third-order valence-corrected chi connectivity index (χ3v) is 3.14. The van der Waals surface area contributed by atoms with Crippen LogP contribution in [0.4, 0.5) is 5.69 Å². The van der Waals surface area contributed by atoms with Gasteiger partial charge in [-0.1, -0.05) is 24.3 Å². The number of pyridine rings is 2. The van der Waals surface area contributed by atoms with Gasteiger partial charge in [-0.3, -0.25) is 14.8 Å². The Kier molecular flexibility index (Phi) is 3.47. The van der Waals surface area contributed by atoms with E-state index in [9.17, 15) is 4.79 Å². The van der Waals surface area contributed by atoms with Gasteiger partial charge in [0.2, 0.25) is 0 Å². The van der Waals surface area contributed by atoms with Gasteiger partial charge in [0.1, 0.15) is 17.1 Å². The van der Waals surface area contributed by atoms with Gasteiger partial charge in [-0.15, -0.1) is 0 Å². The summed E-state index contributed by atoms with van der Waals surface area (Å²) in [5, 5.41) is 4.56. The summed E-state index contributed by atoms with van der Waals surface area (Å²) in [6.45, 7) is 0. The first kappa shape index (κ1) is 13.1. The van der Waals surface area contributed by atoms with E-state index in [-0.39, 0.29) is 5.91 Å². The Bertz CT molecular complexity index is 797. The highest BCUT2D eigenvalue weighted by Gasteiger charge is 2.13. The molecule has 2 heterocycles. The summed E-state index contributed by atoms with van der Waals surface area (Å²) in [6, 6.07) is 11.2. The number of nitrogens with zero attached hydrogens (tertiary/aromatic N) is 2. The molecule has 5 heteroatoms. The molecule has 0 saturated heterocycles. The number of aromatic nitrogens is 2. The van der Waals surface area contributed by atoms with Gasteiger partial charge in [-0.05, 0) is 11.5 Å². The molecular weight excluding hydrogens is 266 g/mol. The maximum Gasteiger partial charge on any atom is 0.275 e. The van der Waals surface area contributed by atoms with Crippen molar-refractivity contribution in [2.75, 3.05) is 12.4 Å². The van der Waals surface area contributed by atoms with Crippen molar-refractivity contribution in [1.82, 2.24) is 9.97 Å². The van der Waals surface area contributed by atoms with Crippen LogP contribution in [0.5, 0.6) is 5.75 Å². The molecule has 2 aromatic heterocycles. The molecule has 1 amide bonds. The summed E-state index contributed by atoms with van der Waals surface area (Å²) in [4.78, 5) is 20.6. The standard InChI is InChI=1S/C16H13N3O2/c1-21-14-7-8-17-10-13(14)19-16(20)15-12-5-3-2-4-11(12)6-9-18-15/h2-10H,1H3,(H,19,20). The highest BCUT2D eigenvalue weighted by Crippen LogP contribution is 2.23. The molecule has 0 atom stereocenters. The van der Waals surface area contributed by atoms with Gasteiger partial charge in [0.15, 0.2) is 0 Å². The van der Waals surface area contributed by atoms with E-state index in [0.717, 1.165) is 10.8 Å². The fraction of sp³-hybridized carbons (Fsp3) is 0.0625. The van der Waals surface area contributed by atoms with Crippen molar-refractivity contribution < 1.29 is 9.53 Å². The van der Waals surface area contributed by atoms with E-state index in [1.165, 1.54) is 0 Å². The number of carbonyl (C=O) groups is 1. The molecule has 104 valence electrons. The second-order valence-corrected chi connectivity index (χ2v) is 4.41. The van der Waals surface area contributed by atoms with Crippen LogP contribution in [0.25, 0.3) is 10.8 Å². The molecule has 0 radical (unpaired) electrons. The molecule has 0 bridgehead atoms.